The minimum absolute atomic E-state index is 0.100. The number of benzene rings is 2. The van der Waals surface area contributed by atoms with Gasteiger partial charge in [-0.15, -0.1) is 0 Å². The van der Waals surface area contributed by atoms with E-state index >= 15 is 0 Å². The number of furan rings is 1. The van der Waals surface area contributed by atoms with Gasteiger partial charge in [-0.05, 0) is 42.1 Å². The van der Waals surface area contributed by atoms with Crippen LogP contribution in [0.1, 0.15) is 5.76 Å². The fourth-order valence-corrected chi connectivity index (χ4v) is 3.71. The van der Waals surface area contributed by atoms with Crippen molar-refractivity contribution in [3.63, 3.8) is 0 Å². The van der Waals surface area contributed by atoms with Gasteiger partial charge in [0.15, 0.2) is 5.17 Å². The SMILES string of the molecule is O=C1NC(=Nc2ccccc2)SC1=Cc1ccc(-c2ccc([N+](=O)[O-])cc2Cl)o1. The van der Waals surface area contributed by atoms with E-state index in [1.54, 1.807) is 18.2 Å². The third kappa shape index (κ3) is 4.23. The zero-order valence-electron chi connectivity index (χ0n) is 14.7. The van der Waals surface area contributed by atoms with Crippen LogP contribution < -0.4 is 5.32 Å². The second-order valence-electron chi connectivity index (χ2n) is 5.94. The van der Waals surface area contributed by atoms with Gasteiger partial charge in [0.25, 0.3) is 11.6 Å². The quantitative estimate of drug-likeness (QED) is 0.343. The van der Waals surface area contributed by atoms with Crippen molar-refractivity contribution >= 4 is 51.9 Å². The summed E-state index contributed by atoms with van der Waals surface area (Å²) in [7, 11) is 0. The molecule has 9 heteroatoms. The second-order valence-corrected chi connectivity index (χ2v) is 7.38. The Labute approximate surface area is 174 Å². The van der Waals surface area contributed by atoms with Crippen LogP contribution in [-0.4, -0.2) is 16.0 Å². The molecule has 1 aliphatic rings. The molecule has 0 saturated carbocycles. The molecule has 0 atom stereocenters. The summed E-state index contributed by atoms with van der Waals surface area (Å²) in [6.07, 6.45) is 1.61. The summed E-state index contributed by atoms with van der Waals surface area (Å²) in [5, 5.41) is 14.2. The van der Waals surface area contributed by atoms with Crippen molar-refractivity contribution in [2.24, 2.45) is 4.99 Å². The van der Waals surface area contributed by atoms with Gasteiger partial charge in [-0.3, -0.25) is 14.9 Å². The van der Waals surface area contributed by atoms with Crippen LogP contribution in [0.25, 0.3) is 17.4 Å². The van der Waals surface area contributed by atoms with Gasteiger partial charge in [0, 0.05) is 23.8 Å². The van der Waals surface area contributed by atoms with Crippen molar-refractivity contribution in [3.05, 3.63) is 86.5 Å². The highest BCUT2D eigenvalue weighted by molar-refractivity contribution is 8.18. The summed E-state index contributed by atoms with van der Waals surface area (Å²) in [5.41, 5.74) is 1.17. The van der Waals surface area contributed by atoms with E-state index in [0.29, 0.717) is 27.2 Å². The number of nitrogens with one attached hydrogen (secondary N) is 1. The predicted molar refractivity (Wildman–Crippen MR) is 113 cm³/mol. The Morgan fingerprint density at radius 3 is 2.66 bits per heavy atom. The molecule has 2 aromatic carbocycles. The van der Waals surface area contributed by atoms with E-state index in [4.69, 9.17) is 16.0 Å². The van der Waals surface area contributed by atoms with Gasteiger partial charge in [-0.2, -0.15) is 0 Å². The lowest BCUT2D eigenvalue weighted by Crippen LogP contribution is -2.19. The number of aliphatic imine (C=N–C) groups is 1. The van der Waals surface area contributed by atoms with E-state index < -0.39 is 4.92 Å². The lowest BCUT2D eigenvalue weighted by Gasteiger charge is -2.00. The number of carbonyl (C=O) groups is 1. The molecule has 0 aliphatic carbocycles. The maximum Gasteiger partial charge on any atom is 0.270 e. The van der Waals surface area contributed by atoms with Crippen LogP contribution in [0.3, 0.4) is 0 Å². The first kappa shape index (κ1) is 19.0. The summed E-state index contributed by atoms with van der Waals surface area (Å²) >= 11 is 7.35. The Hall–Kier alpha value is -3.36. The summed E-state index contributed by atoms with van der Waals surface area (Å²) < 4.78 is 5.75. The molecule has 0 unspecified atom stereocenters. The highest BCUT2D eigenvalue weighted by Crippen LogP contribution is 2.34. The van der Waals surface area contributed by atoms with Gasteiger partial charge in [-0.25, -0.2) is 4.99 Å². The summed E-state index contributed by atoms with van der Waals surface area (Å²) in [5.74, 6) is 0.627. The van der Waals surface area contributed by atoms with Gasteiger partial charge < -0.3 is 9.73 Å². The number of nitro benzene ring substituents is 1. The first-order valence-corrected chi connectivity index (χ1v) is 9.58. The average molecular weight is 426 g/mol. The van der Waals surface area contributed by atoms with E-state index in [1.165, 1.54) is 30.0 Å². The molecule has 2 heterocycles. The number of halogens is 1. The molecule has 29 heavy (non-hydrogen) atoms. The Balaban J connectivity index is 1.56. The Morgan fingerprint density at radius 2 is 1.93 bits per heavy atom. The normalized spacial score (nSPS) is 16.4. The topological polar surface area (TPSA) is 97.7 Å². The van der Waals surface area contributed by atoms with Crippen molar-refractivity contribution in [1.82, 2.24) is 5.32 Å². The highest BCUT2D eigenvalue weighted by Gasteiger charge is 2.24. The summed E-state index contributed by atoms with van der Waals surface area (Å²) in [6, 6.07) is 16.8. The van der Waals surface area contributed by atoms with E-state index in [-0.39, 0.29) is 16.6 Å². The van der Waals surface area contributed by atoms with E-state index in [1.807, 2.05) is 30.3 Å². The molecule has 0 spiro atoms. The highest BCUT2D eigenvalue weighted by atomic mass is 35.5. The molecule has 0 bridgehead atoms. The van der Waals surface area contributed by atoms with Crippen LogP contribution in [0.4, 0.5) is 11.4 Å². The van der Waals surface area contributed by atoms with E-state index in [0.717, 1.165) is 5.69 Å². The van der Waals surface area contributed by atoms with Crippen molar-refractivity contribution in [1.29, 1.82) is 0 Å². The number of hydrogen-bond acceptors (Lipinski definition) is 6. The zero-order valence-corrected chi connectivity index (χ0v) is 16.2. The zero-order chi connectivity index (χ0) is 20.4. The van der Waals surface area contributed by atoms with Gasteiger partial charge in [0.05, 0.1) is 20.5 Å². The summed E-state index contributed by atoms with van der Waals surface area (Å²) in [4.78, 5) is 27.4. The van der Waals surface area contributed by atoms with Crippen LogP contribution in [0.15, 0.2) is 75.0 Å². The number of carbonyl (C=O) groups excluding carboxylic acids is 1. The smallest absolute Gasteiger partial charge is 0.270 e. The van der Waals surface area contributed by atoms with Crippen LogP contribution in [0, 0.1) is 10.1 Å². The number of non-ortho nitro benzene ring substituents is 1. The fraction of sp³-hybridized carbons (Fsp3) is 0. The minimum Gasteiger partial charge on any atom is -0.457 e. The number of thioether (sulfide) groups is 1. The van der Waals surface area contributed by atoms with E-state index in [2.05, 4.69) is 10.3 Å². The molecule has 1 N–H and O–H groups in total. The number of rotatable bonds is 4. The van der Waals surface area contributed by atoms with Gasteiger partial charge in [0.2, 0.25) is 0 Å². The standard InChI is InChI=1S/C20H12ClN3O4S/c21-16-10-13(24(26)27)6-8-15(16)17-9-7-14(28-17)11-18-19(25)23-20(29-18)22-12-4-2-1-3-5-12/h1-11H,(H,22,23,25). The largest absolute Gasteiger partial charge is 0.457 e. The van der Waals surface area contributed by atoms with Crippen molar-refractivity contribution in [2.45, 2.75) is 0 Å². The molecular formula is C20H12ClN3O4S. The number of hydrogen-bond donors (Lipinski definition) is 1. The number of para-hydroxylation sites is 1. The molecule has 1 amide bonds. The molecule has 1 saturated heterocycles. The molecule has 1 aliphatic heterocycles. The molecule has 0 radical (unpaired) electrons. The Bertz CT molecular complexity index is 1170. The van der Waals surface area contributed by atoms with E-state index in [9.17, 15) is 14.9 Å². The lowest BCUT2D eigenvalue weighted by atomic mass is 10.1. The Morgan fingerprint density at radius 1 is 1.14 bits per heavy atom. The number of amidine groups is 1. The third-order valence-corrected chi connectivity index (χ3v) is 5.19. The van der Waals surface area contributed by atoms with Crippen molar-refractivity contribution < 1.29 is 14.1 Å². The van der Waals surface area contributed by atoms with Crippen LogP contribution in [0.2, 0.25) is 5.02 Å². The predicted octanol–water partition coefficient (Wildman–Crippen LogP) is 5.40. The van der Waals surface area contributed by atoms with Gasteiger partial charge in [0.1, 0.15) is 11.5 Å². The molecular weight excluding hydrogens is 414 g/mol. The lowest BCUT2D eigenvalue weighted by molar-refractivity contribution is -0.384. The van der Waals surface area contributed by atoms with Crippen LogP contribution >= 0.6 is 23.4 Å². The molecule has 1 aromatic heterocycles. The van der Waals surface area contributed by atoms with Gasteiger partial charge >= 0.3 is 0 Å². The first-order chi connectivity index (χ1) is 14.0. The number of amides is 1. The molecule has 4 rings (SSSR count). The van der Waals surface area contributed by atoms with Crippen LogP contribution in [0.5, 0.6) is 0 Å². The maximum absolute atomic E-state index is 12.2. The molecule has 1 fully saturated rings. The number of nitrogens with zero attached hydrogens (tertiary/aromatic N) is 2. The van der Waals surface area contributed by atoms with Crippen LogP contribution in [-0.2, 0) is 4.79 Å². The minimum atomic E-state index is -0.516. The Kier molecular flexibility index (Phi) is 5.20. The third-order valence-electron chi connectivity index (χ3n) is 3.97. The maximum atomic E-state index is 12.2. The van der Waals surface area contributed by atoms with Crippen molar-refractivity contribution in [2.75, 3.05) is 0 Å². The monoisotopic (exact) mass is 425 g/mol. The van der Waals surface area contributed by atoms with Gasteiger partial charge in [-0.1, -0.05) is 29.8 Å². The molecule has 3 aromatic rings. The average Bonchev–Trinajstić information content (AvgIpc) is 3.29. The molecule has 7 nitrogen and oxygen atoms in total. The first-order valence-electron chi connectivity index (χ1n) is 8.38. The number of nitro groups is 1. The fourth-order valence-electron chi connectivity index (χ4n) is 2.62. The molecule has 144 valence electrons. The summed E-state index contributed by atoms with van der Waals surface area (Å²) in [6.45, 7) is 0. The second kappa shape index (κ2) is 7.94. The van der Waals surface area contributed by atoms with Crippen molar-refractivity contribution in [3.8, 4) is 11.3 Å².